The summed E-state index contributed by atoms with van der Waals surface area (Å²) in [5.74, 6) is -0.259. The summed E-state index contributed by atoms with van der Waals surface area (Å²) < 4.78 is 0. The standard InChI is InChI=1S/C26H40N4O3/c1-16-8-6-7-9-19(16)29-12-14-30(15-13-29)24(33)20-18-10-11-26(5,25(18,3)4)22(20)28-23(32)21(27)17(2)31/h6-9,17-18,20-22,31H,10-15,27H2,1-5H3,(H,28,32)/t17-,18?,20+,21+,22-,26+/m1/s1. The number of nitrogens with one attached hydrogen (secondary N) is 1. The zero-order valence-electron chi connectivity index (χ0n) is 20.7. The van der Waals surface area contributed by atoms with Crippen LogP contribution in [-0.2, 0) is 9.59 Å². The number of benzene rings is 1. The molecule has 182 valence electrons. The van der Waals surface area contributed by atoms with Crippen molar-refractivity contribution < 1.29 is 14.7 Å². The Bertz CT molecular complexity index is 909. The van der Waals surface area contributed by atoms with Crippen LogP contribution in [0.4, 0.5) is 5.69 Å². The minimum absolute atomic E-state index is 0.0663. The first kappa shape index (κ1) is 24.0. The number of para-hydroxylation sites is 1. The van der Waals surface area contributed by atoms with E-state index >= 15 is 0 Å². The third-order valence-corrected chi connectivity index (χ3v) is 9.31. The highest BCUT2D eigenvalue weighted by Crippen LogP contribution is 2.67. The van der Waals surface area contributed by atoms with Gasteiger partial charge in [0.2, 0.25) is 11.8 Å². The zero-order valence-corrected chi connectivity index (χ0v) is 20.7. The predicted molar refractivity (Wildman–Crippen MR) is 130 cm³/mol. The average molecular weight is 457 g/mol. The maximum atomic E-state index is 13.9. The molecule has 7 heteroatoms. The maximum Gasteiger partial charge on any atom is 0.239 e. The van der Waals surface area contributed by atoms with Gasteiger partial charge in [-0.25, -0.2) is 0 Å². The normalized spacial score (nSPS) is 32.5. The summed E-state index contributed by atoms with van der Waals surface area (Å²) >= 11 is 0. The van der Waals surface area contributed by atoms with Crippen LogP contribution in [0.25, 0.3) is 0 Å². The zero-order chi connectivity index (χ0) is 24.1. The van der Waals surface area contributed by atoms with Gasteiger partial charge in [0.15, 0.2) is 0 Å². The quantitative estimate of drug-likeness (QED) is 0.629. The number of fused-ring (bicyclic) bond motifs is 2. The molecule has 2 saturated carbocycles. The second kappa shape index (κ2) is 8.58. The second-order valence-corrected chi connectivity index (χ2v) is 11.2. The molecule has 1 aromatic carbocycles. The first-order valence-electron chi connectivity index (χ1n) is 12.3. The Morgan fingerprint density at radius 2 is 1.79 bits per heavy atom. The molecule has 2 aliphatic carbocycles. The number of aliphatic hydroxyl groups is 1. The van der Waals surface area contributed by atoms with Gasteiger partial charge in [-0.05, 0) is 55.1 Å². The first-order chi connectivity index (χ1) is 15.5. The SMILES string of the molecule is Cc1ccccc1N1CCN(C(=O)[C@H]2C3CC[C@@](C)([C@@H]2NC(=O)[C@@H](N)[C@@H](C)O)C3(C)C)CC1. The molecule has 1 aromatic rings. The largest absolute Gasteiger partial charge is 0.391 e. The highest BCUT2D eigenvalue weighted by Gasteiger charge is 2.68. The number of hydrogen-bond donors (Lipinski definition) is 3. The molecule has 4 N–H and O–H groups in total. The van der Waals surface area contributed by atoms with Crippen molar-refractivity contribution in [3.63, 3.8) is 0 Å². The summed E-state index contributed by atoms with van der Waals surface area (Å²) in [5, 5.41) is 12.9. The van der Waals surface area contributed by atoms with Crippen LogP contribution in [0.3, 0.4) is 0 Å². The summed E-state index contributed by atoms with van der Waals surface area (Å²) in [5.41, 5.74) is 8.16. The monoisotopic (exact) mass is 456 g/mol. The Morgan fingerprint density at radius 3 is 2.39 bits per heavy atom. The predicted octanol–water partition coefficient (Wildman–Crippen LogP) is 1.91. The molecule has 0 radical (unpaired) electrons. The Kier molecular flexibility index (Phi) is 6.25. The molecule has 2 amide bonds. The summed E-state index contributed by atoms with van der Waals surface area (Å²) in [6, 6.07) is 7.10. The Morgan fingerprint density at radius 1 is 1.15 bits per heavy atom. The van der Waals surface area contributed by atoms with E-state index in [1.807, 2.05) is 11.0 Å². The number of piperazine rings is 1. The number of carbonyl (C=O) groups is 2. The van der Waals surface area contributed by atoms with Gasteiger partial charge in [-0.15, -0.1) is 0 Å². The molecule has 6 atom stereocenters. The van der Waals surface area contributed by atoms with Crippen molar-refractivity contribution in [3.8, 4) is 0 Å². The fraction of sp³-hybridized carbons (Fsp3) is 0.692. The molecule has 4 rings (SSSR count). The van der Waals surface area contributed by atoms with Crippen molar-refractivity contribution >= 4 is 17.5 Å². The lowest BCUT2D eigenvalue weighted by Crippen LogP contribution is -2.59. The minimum atomic E-state index is -0.996. The number of nitrogens with zero attached hydrogens (tertiary/aromatic N) is 2. The van der Waals surface area contributed by atoms with Crippen LogP contribution in [0, 0.1) is 29.6 Å². The van der Waals surface area contributed by atoms with E-state index in [4.69, 9.17) is 5.73 Å². The number of rotatable bonds is 5. The van der Waals surface area contributed by atoms with Crippen LogP contribution >= 0.6 is 0 Å². The molecule has 1 aliphatic heterocycles. The van der Waals surface area contributed by atoms with E-state index in [9.17, 15) is 14.7 Å². The summed E-state index contributed by atoms with van der Waals surface area (Å²) in [6.45, 7) is 13.3. The van der Waals surface area contributed by atoms with Crippen LogP contribution in [0.2, 0.25) is 0 Å². The van der Waals surface area contributed by atoms with Crippen molar-refractivity contribution in [2.24, 2.45) is 28.4 Å². The topological polar surface area (TPSA) is 98.9 Å². The third-order valence-electron chi connectivity index (χ3n) is 9.31. The smallest absolute Gasteiger partial charge is 0.239 e. The molecule has 33 heavy (non-hydrogen) atoms. The van der Waals surface area contributed by atoms with Crippen molar-refractivity contribution in [3.05, 3.63) is 29.8 Å². The summed E-state index contributed by atoms with van der Waals surface area (Å²) in [4.78, 5) is 31.1. The average Bonchev–Trinajstić information content (AvgIpc) is 3.11. The number of amides is 2. The van der Waals surface area contributed by atoms with Gasteiger partial charge in [-0.2, -0.15) is 0 Å². The van der Waals surface area contributed by atoms with Crippen LogP contribution < -0.4 is 16.0 Å². The molecule has 1 unspecified atom stereocenters. The number of hydrogen-bond acceptors (Lipinski definition) is 5. The number of aliphatic hydroxyl groups excluding tert-OH is 1. The van der Waals surface area contributed by atoms with E-state index < -0.39 is 12.1 Å². The van der Waals surface area contributed by atoms with E-state index in [0.717, 1.165) is 25.9 Å². The van der Waals surface area contributed by atoms with E-state index in [0.29, 0.717) is 13.1 Å². The Labute approximate surface area is 197 Å². The van der Waals surface area contributed by atoms with Gasteiger partial charge in [0.05, 0.1) is 12.0 Å². The summed E-state index contributed by atoms with van der Waals surface area (Å²) in [6.07, 6.45) is 1.04. The molecule has 2 bridgehead atoms. The fourth-order valence-corrected chi connectivity index (χ4v) is 6.70. The maximum absolute atomic E-state index is 13.9. The Hall–Kier alpha value is -2.12. The highest BCUT2D eigenvalue weighted by atomic mass is 16.3. The molecule has 7 nitrogen and oxygen atoms in total. The lowest BCUT2D eigenvalue weighted by atomic mass is 9.69. The molecule has 3 fully saturated rings. The van der Waals surface area contributed by atoms with E-state index in [1.54, 1.807) is 0 Å². The van der Waals surface area contributed by atoms with Gasteiger partial charge in [-0.3, -0.25) is 9.59 Å². The first-order valence-corrected chi connectivity index (χ1v) is 12.3. The van der Waals surface area contributed by atoms with Gasteiger partial charge in [0.1, 0.15) is 6.04 Å². The number of anilines is 1. The van der Waals surface area contributed by atoms with Crippen LogP contribution in [0.15, 0.2) is 24.3 Å². The summed E-state index contributed by atoms with van der Waals surface area (Å²) in [7, 11) is 0. The molecule has 0 spiro atoms. The molecule has 1 heterocycles. The van der Waals surface area contributed by atoms with Crippen molar-refractivity contribution in [1.29, 1.82) is 0 Å². The van der Waals surface area contributed by atoms with Gasteiger partial charge in [-0.1, -0.05) is 39.0 Å². The van der Waals surface area contributed by atoms with E-state index in [-0.39, 0.29) is 40.5 Å². The van der Waals surface area contributed by atoms with E-state index in [2.05, 4.69) is 56.1 Å². The van der Waals surface area contributed by atoms with Crippen molar-refractivity contribution in [2.75, 3.05) is 31.1 Å². The molecular formula is C26H40N4O3. The van der Waals surface area contributed by atoms with Gasteiger partial charge < -0.3 is 26.0 Å². The second-order valence-electron chi connectivity index (χ2n) is 11.2. The molecule has 0 aromatic heterocycles. The van der Waals surface area contributed by atoms with Crippen molar-refractivity contribution in [2.45, 2.75) is 65.6 Å². The van der Waals surface area contributed by atoms with E-state index in [1.165, 1.54) is 18.2 Å². The third kappa shape index (κ3) is 3.83. The van der Waals surface area contributed by atoms with Gasteiger partial charge >= 0.3 is 0 Å². The molecule has 3 aliphatic rings. The van der Waals surface area contributed by atoms with Crippen molar-refractivity contribution in [1.82, 2.24) is 10.2 Å². The van der Waals surface area contributed by atoms with Gasteiger partial charge in [0, 0.05) is 37.9 Å². The molecule has 1 saturated heterocycles. The van der Waals surface area contributed by atoms with Crippen LogP contribution in [-0.4, -0.2) is 66.2 Å². The van der Waals surface area contributed by atoms with Gasteiger partial charge in [0.25, 0.3) is 0 Å². The lowest BCUT2D eigenvalue weighted by Gasteiger charge is -2.43. The number of carbonyl (C=O) groups excluding carboxylic acids is 2. The van der Waals surface area contributed by atoms with Crippen LogP contribution in [0.1, 0.15) is 46.1 Å². The lowest BCUT2D eigenvalue weighted by molar-refractivity contribution is -0.140. The van der Waals surface area contributed by atoms with Crippen LogP contribution in [0.5, 0.6) is 0 Å². The Balaban J connectivity index is 1.52. The molecular weight excluding hydrogens is 416 g/mol. The number of nitrogens with two attached hydrogens (primary N) is 1. The highest BCUT2D eigenvalue weighted by molar-refractivity contribution is 5.86. The number of aryl methyl sites for hydroxylation is 1. The fourth-order valence-electron chi connectivity index (χ4n) is 6.70. The minimum Gasteiger partial charge on any atom is -0.391 e.